The van der Waals surface area contributed by atoms with Gasteiger partial charge in [0, 0.05) is 40.5 Å². The minimum Gasteiger partial charge on any atom is -0.546 e. The van der Waals surface area contributed by atoms with Crippen LogP contribution in [0.3, 0.4) is 0 Å². The standard InChI is InChI=1S/C28H23F3N2O6.Na/c1-4-23(27(34)35)37-18-7-5-6-16(12-18)33-15(2)25(20-10-9-19(13-22(20)33)38-28(29,30)31)26-21-11-8-17(36-3)14-24(21)39-32-26;/h5-14,23H,4H2,1-3H3,(H,34,35);/q;+1/p-1/t23-;/m1./s1. The van der Waals surface area contributed by atoms with Crippen LogP contribution < -0.4 is 48.9 Å². The van der Waals surface area contributed by atoms with Gasteiger partial charge in [0.1, 0.15) is 29.0 Å². The van der Waals surface area contributed by atoms with Gasteiger partial charge in [-0.3, -0.25) is 0 Å². The van der Waals surface area contributed by atoms with Crippen LogP contribution in [-0.4, -0.2) is 35.3 Å². The topological polar surface area (TPSA) is 98.8 Å². The van der Waals surface area contributed by atoms with Crippen LogP contribution in [0.5, 0.6) is 17.2 Å². The van der Waals surface area contributed by atoms with E-state index >= 15 is 0 Å². The van der Waals surface area contributed by atoms with E-state index in [9.17, 15) is 23.1 Å². The van der Waals surface area contributed by atoms with E-state index in [-0.39, 0.29) is 41.7 Å². The van der Waals surface area contributed by atoms with Crippen LogP contribution in [-0.2, 0) is 4.79 Å². The molecule has 0 N–H and O–H groups in total. The van der Waals surface area contributed by atoms with Gasteiger partial charge in [-0.15, -0.1) is 13.2 Å². The average molecular weight is 562 g/mol. The third-order valence-electron chi connectivity index (χ3n) is 6.31. The molecule has 5 aromatic rings. The molecule has 12 heteroatoms. The maximum absolute atomic E-state index is 13.1. The molecule has 1 atom stereocenters. The molecular weight excluding hydrogens is 540 g/mol. The molecule has 5 rings (SSSR count). The molecule has 0 spiro atoms. The first-order valence-electron chi connectivity index (χ1n) is 11.9. The summed E-state index contributed by atoms with van der Waals surface area (Å²) in [6, 6.07) is 15.9. The predicted octanol–water partition coefficient (Wildman–Crippen LogP) is 2.57. The molecule has 0 aliphatic rings. The van der Waals surface area contributed by atoms with Gasteiger partial charge in [-0.1, -0.05) is 18.1 Å². The average Bonchev–Trinajstić information content (AvgIpc) is 3.42. The Kier molecular flexibility index (Phi) is 8.38. The van der Waals surface area contributed by atoms with Crippen molar-refractivity contribution in [3.63, 3.8) is 0 Å². The van der Waals surface area contributed by atoms with E-state index < -0.39 is 24.2 Å². The van der Waals surface area contributed by atoms with Gasteiger partial charge in [0.05, 0.1) is 24.0 Å². The van der Waals surface area contributed by atoms with Crippen LogP contribution >= 0.6 is 0 Å². The van der Waals surface area contributed by atoms with E-state index in [2.05, 4.69) is 9.89 Å². The van der Waals surface area contributed by atoms with E-state index in [1.165, 1.54) is 25.3 Å². The molecule has 0 amide bonds. The second-order valence-electron chi connectivity index (χ2n) is 8.75. The fraction of sp³-hybridized carbons (Fsp3) is 0.214. The smallest absolute Gasteiger partial charge is 0.546 e. The molecule has 0 fully saturated rings. The summed E-state index contributed by atoms with van der Waals surface area (Å²) >= 11 is 0. The number of carbonyl (C=O) groups is 1. The van der Waals surface area contributed by atoms with Gasteiger partial charge in [0.25, 0.3) is 0 Å². The molecule has 2 heterocycles. The summed E-state index contributed by atoms with van der Waals surface area (Å²) < 4.78 is 61.5. The number of ether oxygens (including phenoxy) is 3. The van der Waals surface area contributed by atoms with Crippen LogP contribution in [0.4, 0.5) is 13.2 Å². The zero-order valence-corrected chi connectivity index (χ0v) is 24.0. The number of halogens is 3. The van der Waals surface area contributed by atoms with Crippen molar-refractivity contribution < 1.29 is 71.4 Å². The Morgan fingerprint density at radius 3 is 2.45 bits per heavy atom. The quantitative estimate of drug-likeness (QED) is 0.268. The molecule has 8 nitrogen and oxygen atoms in total. The molecule has 0 unspecified atom stereocenters. The summed E-state index contributed by atoms with van der Waals surface area (Å²) in [6.07, 6.45) is -5.86. The van der Waals surface area contributed by atoms with Crippen molar-refractivity contribution >= 4 is 27.8 Å². The number of hydrogen-bond acceptors (Lipinski definition) is 7. The first-order valence-corrected chi connectivity index (χ1v) is 11.9. The number of aliphatic carboxylic acids is 1. The molecule has 0 saturated heterocycles. The SMILES string of the molecule is CC[C@@H](Oc1cccc(-n2c(C)c(-c3noc4cc(OC)ccc34)c3ccc(OC(F)(F)F)cc32)c1)C(=O)[O-].[Na+]. The van der Waals surface area contributed by atoms with Crippen molar-refractivity contribution in [1.82, 2.24) is 9.72 Å². The predicted molar refractivity (Wildman–Crippen MR) is 134 cm³/mol. The van der Waals surface area contributed by atoms with Gasteiger partial charge >= 0.3 is 35.9 Å². The van der Waals surface area contributed by atoms with Crippen LogP contribution in [0.1, 0.15) is 19.0 Å². The molecule has 0 bridgehead atoms. The van der Waals surface area contributed by atoms with Gasteiger partial charge in [0.2, 0.25) is 0 Å². The monoisotopic (exact) mass is 562 g/mol. The molecule has 0 radical (unpaired) electrons. The van der Waals surface area contributed by atoms with Gasteiger partial charge in [0.15, 0.2) is 5.58 Å². The number of methoxy groups -OCH3 is 1. The molecule has 0 aliphatic carbocycles. The van der Waals surface area contributed by atoms with Crippen molar-refractivity contribution in [3.8, 4) is 34.2 Å². The van der Waals surface area contributed by atoms with Gasteiger partial charge < -0.3 is 33.2 Å². The number of carbonyl (C=O) groups excluding carboxylic acids is 1. The number of nitrogens with zero attached hydrogens (tertiary/aromatic N) is 2. The Morgan fingerprint density at radius 2 is 1.77 bits per heavy atom. The maximum Gasteiger partial charge on any atom is 1.00 e. The second kappa shape index (κ2) is 11.4. The number of carboxylic acid groups (broad SMARTS) is 1. The number of fused-ring (bicyclic) bond motifs is 2. The minimum atomic E-state index is -4.88. The molecule has 40 heavy (non-hydrogen) atoms. The van der Waals surface area contributed by atoms with E-state index in [0.717, 1.165) is 0 Å². The second-order valence-corrected chi connectivity index (χ2v) is 8.75. The number of carboxylic acids is 1. The van der Waals surface area contributed by atoms with Crippen LogP contribution in [0, 0.1) is 6.92 Å². The Balaban J connectivity index is 0.00000370. The summed E-state index contributed by atoms with van der Waals surface area (Å²) in [5, 5.41) is 16.9. The minimum absolute atomic E-state index is 0. The number of hydrogen-bond donors (Lipinski definition) is 0. The summed E-state index contributed by atoms with van der Waals surface area (Å²) in [5.41, 5.74) is 3.18. The molecule has 202 valence electrons. The first-order chi connectivity index (χ1) is 18.6. The molecule has 3 aromatic carbocycles. The maximum atomic E-state index is 13.1. The fourth-order valence-electron chi connectivity index (χ4n) is 4.61. The Bertz CT molecular complexity index is 1700. The van der Waals surface area contributed by atoms with Crippen molar-refractivity contribution in [1.29, 1.82) is 0 Å². The molecule has 0 saturated carbocycles. The van der Waals surface area contributed by atoms with E-state index in [4.69, 9.17) is 14.0 Å². The summed E-state index contributed by atoms with van der Waals surface area (Å²) in [4.78, 5) is 11.4. The molecular formula is C28H22F3N2NaO6. The first kappa shape index (κ1) is 29.3. The van der Waals surface area contributed by atoms with E-state index in [1.807, 2.05) is 0 Å². The number of rotatable bonds is 8. The van der Waals surface area contributed by atoms with Gasteiger partial charge in [-0.2, -0.15) is 0 Å². The normalized spacial score (nSPS) is 12.2. The molecule has 2 aromatic heterocycles. The van der Waals surface area contributed by atoms with Crippen LogP contribution in [0.25, 0.3) is 38.8 Å². The zero-order chi connectivity index (χ0) is 27.9. The fourth-order valence-corrected chi connectivity index (χ4v) is 4.61. The Hall–Kier alpha value is -3.67. The zero-order valence-electron chi connectivity index (χ0n) is 22.0. The van der Waals surface area contributed by atoms with Crippen molar-refractivity contribution in [2.45, 2.75) is 32.7 Å². The van der Waals surface area contributed by atoms with E-state index in [1.54, 1.807) is 60.9 Å². The molecule has 0 aliphatic heterocycles. The third kappa shape index (κ3) is 5.63. The van der Waals surface area contributed by atoms with Crippen molar-refractivity contribution in [2.75, 3.05) is 7.11 Å². The summed E-state index contributed by atoms with van der Waals surface area (Å²) in [5.74, 6) is -0.910. The summed E-state index contributed by atoms with van der Waals surface area (Å²) in [6.45, 7) is 3.45. The van der Waals surface area contributed by atoms with Crippen LogP contribution in [0.15, 0.2) is 65.2 Å². The number of alkyl halides is 3. The Labute approximate surface area is 248 Å². The van der Waals surface area contributed by atoms with Crippen molar-refractivity contribution in [2.24, 2.45) is 0 Å². The van der Waals surface area contributed by atoms with E-state index in [0.29, 0.717) is 50.3 Å². The number of aromatic nitrogens is 2. The van der Waals surface area contributed by atoms with Gasteiger partial charge in [-0.25, -0.2) is 0 Å². The van der Waals surface area contributed by atoms with Gasteiger partial charge in [-0.05, 0) is 49.7 Å². The van der Waals surface area contributed by atoms with Crippen molar-refractivity contribution in [3.05, 3.63) is 66.4 Å². The summed E-state index contributed by atoms with van der Waals surface area (Å²) in [7, 11) is 1.53. The number of benzene rings is 3. The third-order valence-corrected chi connectivity index (χ3v) is 6.31. The van der Waals surface area contributed by atoms with Crippen LogP contribution in [0.2, 0.25) is 0 Å². The Morgan fingerprint density at radius 1 is 1.05 bits per heavy atom. The largest absolute Gasteiger partial charge is 1.00 e.